The molecule has 0 spiro atoms. The Balaban J connectivity index is 3.13. The second kappa shape index (κ2) is 10.2. The largest absolute Gasteiger partial charge is 0.381 e. The molecule has 0 bridgehead atoms. The van der Waals surface area contributed by atoms with Crippen LogP contribution in [0.4, 0.5) is 0 Å². The van der Waals surface area contributed by atoms with E-state index in [9.17, 15) is 4.79 Å². The van der Waals surface area contributed by atoms with Gasteiger partial charge in [-0.3, -0.25) is 4.79 Å². The fourth-order valence-corrected chi connectivity index (χ4v) is 1.17. The van der Waals surface area contributed by atoms with Crippen molar-refractivity contribution >= 4 is 17.5 Å². The van der Waals surface area contributed by atoms with Crippen molar-refractivity contribution in [1.29, 1.82) is 0 Å². The van der Waals surface area contributed by atoms with E-state index in [-0.39, 0.29) is 5.91 Å². The first-order chi connectivity index (χ1) is 7.16. The summed E-state index contributed by atoms with van der Waals surface area (Å²) in [4.78, 5) is 11.1. The normalized spacial score (nSPS) is 10.7. The van der Waals surface area contributed by atoms with Gasteiger partial charge in [0.2, 0.25) is 5.91 Å². The molecule has 0 atom stereocenters. The number of carbonyl (C=O) groups is 1. The molecule has 0 fully saturated rings. The Morgan fingerprint density at radius 2 is 2.13 bits per heavy atom. The van der Waals surface area contributed by atoms with Gasteiger partial charge in [-0.1, -0.05) is 13.8 Å². The minimum Gasteiger partial charge on any atom is -0.381 e. The average Bonchev–Trinajstić information content (AvgIpc) is 2.19. The number of carbonyl (C=O) groups excluding carboxylic acids is 1. The third-order valence-corrected chi connectivity index (χ3v) is 2.04. The number of amides is 1. The third-order valence-electron chi connectivity index (χ3n) is 1.78. The van der Waals surface area contributed by atoms with Gasteiger partial charge in [0.15, 0.2) is 0 Å². The van der Waals surface area contributed by atoms with E-state index in [4.69, 9.17) is 16.3 Å². The lowest BCUT2D eigenvalue weighted by molar-refractivity contribution is -0.121. The Labute approximate surface area is 97.5 Å². The van der Waals surface area contributed by atoms with Crippen LogP contribution in [0.1, 0.15) is 33.1 Å². The SMILES string of the molecule is CC(C)COCCCNC(=O)CCCCl. The van der Waals surface area contributed by atoms with Gasteiger partial charge in [-0.25, -0.2) is 0 Å². The van der Waals surface area contributed by atoms with Crippen LogP contribution in [-0.2, 0) is 9.53 Å². The summed E-state index contributed by atoms with van der Waals surface area (Å²) in [6.07, 6.45) is 2.15. The van der Waals surface area contributed by atoms with Gasteiger partial charge < -0.3 is 10.1 Å². The van der Waals surface area contributed by atoms with Gasteiger partial charge in [-0.15, -0.1) is 11.6 Å². The number of alkyl halides is 1. The lowest BCUT2D eigenvalue weighted by atomic mass is 10.2. The molecule has 0 unspecified atom stereocenters. The third kappa shape index (κ3) is 11.6. The number of halogens is 1. The molecule has 0 radical (unpaired) electrons. The second-order valence-corrected chi connectivity index (χ2v) is 4.34. The maximum Gasteiger partial charge on any atom is 0.220 e. The van der Waals surface area contributed by atoms with Gasteiger partial charge in [-0.2, -0.15) is 0 Å². The molecule has 90 valence electrons. The van der Waals surface area contributed by atoms with E-state index in [0.29, 0.717) is 31.4 Å². The van der Waals surface area contributed by atoms with E-state index in [0.717, 1.165) is 19.4 Å². The summed E-state index contributed by atoms with van der Waals surface area (Å²) < 4.78 is 5.39. The van der Waals surface area contributed by atoms with Crippen molar-refractivity contribution in [3.05, 3.63) is 0 Å². The van der Waals surface area contributed by atoms with Crippen LogP contribution in [0, 0.1) is 5.92 Å². The first kappa shape index (κ1) is 14.7. The molecule has 0 aromatic rings. The van der Waals surface area contributed by atoms with Gasteiger partial charge in [0.25, 0.3) is 0 Å². The first-order valence-electron chi connectivity index (χ1n) is 5.57. The Kier molecular flexibility index (Phi) is 10.1. The van der Waals surface area contributed by atoms with Crippen molar-refractivity contribution in [3.63, 3.8) is 0 Å². The van der Waals surface area contributed by atoms with Gasteiger partial charge in [0.05, 0.1) is 0 Å². The molecule has 0 aliphatic carbocycles. The van der Waals surface area contributed by atoms with Crippen LogP contribution in [0.25, 0.3) is 0 Å². The number of nitrogens with one attached hydrogen (secondary N) is 1. The van der Waals surface area contributed by atoms with Crippen LogP contribution in [-0.4, -0.2) is 31.5 Å². The van der Waals surface area contributed by atoms with Crippen molar-refractivity contribution in [2.24, 2.45) is 5.92 Å². The molecule has 0 heterocycles. The molecule has 0 aromatic carbocycles. The highest BCUT2D eigenvalue weighted by atomic mass is 35.5. The van der Waals surface area contributed by atoms with Crippen LogP contribution >= 0.6 is 11.6 Å². The van der Waals surface area contributed by atoms with Crippen molar-refractivity contribution in [3.8, 4) is 0 Å². The lowest BCUT2D eigenvalue weighted by Gasteiger charge is -2.07. The van der Waals surface area contributed by atoms with E-state index in [2.05, 4.69) is 19.2 Å². The van der Waals surface area contributed by atoms with Crippen LogP contribution in [0.15, 0.2) is 0 Å². The number of hydrogen-bond acceptors (Lipinski definition) is 2. The van der Waals surface area contributed by atoms with Crippen molar-refractivity contribution in [1.82, 2.24) is 5.32 Å². The number of hydrogen-bond donors (Lipinski definition) is 1. The molecule has 0 rings (SSSR count). The zero-order chi connectivity index (χ0) is 11.5. The molecular weight excluding hydrogens is 214 g/mol. The highest BCUT2D eigenvalue weighted by Gasteiger charge is 1.99. The highest BCUT2D eigenvalue weighted by Crippen LogP contribution is 1.94. The summed E-state index contributed by atoms with van der Waals surface area (Å²) in [6, 6.07) is 0. The molecular formula is C11H22ClNO2. The highest BCUT2D eigenvalue weighted by molar-refractivity contribution is 6.17. The van der Waals surface area contributed by atoms with Crippen LogP contribution in [0.2, 0.25) is 0 Å². The first-order valence-corrected chi connectivity index (χ1v) is 6.10. The Hall–Kier alpha value is -0.280. The van der Waals surface area contributed by atoms with Crippen molar-refractivity contribution in [2.75, 3.05) is 25.6 Å². The maximum atomic E-state index is 11.1. The predicted octanol–water partition coefficient (Wildman–Crippen LogP) is 2.18. The zero-order valence-corrected chi connectivity index (χ0v) is 10.5. The van der Waals surface area contributed by atoms with E-state index in [1.165, 1.54) is 0 Å². The van der Waals surface area contributed by atoms with Crippen LogP contribution in [0.5, 0.6) is 0 Å². The minimum atomic E-state index is 0.0829. The van der Waals surface area contributed by atoms with Gasteiger partial charge in [-0.05, 0) is 18.8 Å². The molecule has 4 heteroatoms. The summed E-state index contributed by atoms with van der Waals surface area (Å²) >= 11 is 5.48. The van der Waals surface area contributed by atoms with E-state index in [1.807, 2.05) is 0 Å². The molecule has 1 amide bonds. The summed E-state index contributed by atoms with van der Waals surface area (Å²) in [6.45, 7) is 6.44. The quantitative estimate of drug-likeness (QED) is 0.492. The van der Waals surface area contributed by atoms with E-state index >= 15 is 0 Å². The fourth-order valence-electron chi connectivity index (χ4n) is 1.04. The van der Waals surface area contributed by atoms with Crippen LogP contribution in [0.3, 0.4) is 0 Å². The summed E-state index contributed by atoms with van der Waals surface area (Å²) in [5, 5.41) is 2.83. The van der Waals surface area contributed by atoms with Crippen LogP contribution < -0.4 is 5.32 Å². The summed E-state index contributed by atoms with van der Waals surface area (Å²) in [7, 11) is 0. The summed E-state index contributed by atoms with van der Waals surface area (Å²) in [5.41, 5.74) is 0. The molecule has 0 aliphatic heterocycles. The average molecular weight is 236 g/mol. The Morgan fingerprint density at radius 1 is 1.40 bits per heavy atom. The van der Waals surface area contributed by atoms with E-state index in [1.54, 1.807) is 0 Å². The van der Waals surface area contributed by atoms with E-state index < -0.39 is 0 Å². The standard InChI is InChI=1S/C11H22ClNO2/c1-10(2)9-15-8-4-7-13-11(14)5-3-6-12/h10H,3-9H2,1-2H3,(H,13,14). The maximum absolute atomic E-state index is 11.1. The number of ether oxygens (including phenoxy) is 1. The smallest absolute Gasteiger partial charge is 0.220 e. The number of rotatable bonds is 9. The monoisotopic (exact) mass is 235 g/mol. The molecule has 3 nitrogen and oxygen atoms in total. The second-order valence-electron chi connectivity index (χ2n) is 3.96. The van der Waals surface area contributed by atoms with Gasteiger partial charge in [0, 0.05) is 32.1 Å². The fraction of sp³-hybridized carbons (Fsp3) is 0.909. The zero-order valence-electron chi connectivity index (χ0n) is 9.72. The molecule has 0 aliphatic rings. The van der Waals surface area contributed by atoms with Crippen molar-refractivity contribution in [2.45, 2.75) is 33.1 Å². The molecule has 1 N–H and O–H groups in total. The molecule has 15 heavy (non-hydrogen) atoms. The lowest BCUT2D eigenvalue weighted by Crippen LogP contribution is -2.25. The molecule has 0 aromatic heterocycles. The minimum absolute atomic E-state index is 0.0829. The Bertz CT molecular complexity index is 163. The predicted molar refractivity (Wildman–Crippen MR) is 63.2 cm³/mol. The Morgan fingerprint density at radius 3 is 2.73 bits per heavy atom. The van der Waals surface area contributed by atoms with Crippen molar-refractivity contribution < 1.29 is 9.53 Å². The van der Waals surface area contributed by atoms with Gasteiger partial charge >= 0.3 is 0 Å². The van der Waals surface area contributed by atoms with Gasteiger partial charge in [0.1, 0.15) is 0 Å². The molecule has 0 saturated heterocycles. The molecule has 0 saturated carbocycles. The topological polar surface area (TPSA) is 38.3 Å². The summed E-state index contributed by atoms with van der Waals surface area (Å²) in [5.74, 6) is 1.20.